The zero-order valence-corrected chi connectivity index (χ0v) is 19.6. The fraction of sp³-hybridized carbons (Fsp3) is 0.292. The summed E-state index contributed by atoms with van der Waals surface area (Å²) in [6, 6.07) is 11.9. The minimum Gasteiger partial charge on any atom is -0.494 e. The third kappa shape index (κ3) is 4.13. The third-order valence-electron chi connectivity index (χ3n) is 4.77. The monoisotopic (exact) mass is 456 g/mol. The SMILES string of the molecule is CCOc1ccc2sc(-c3sc4ccc(OCC)cc4c3C(C)=O)c(OCOC)c2c1. The van der Waals surface area contributed by atoms with Crippen molar-refractivity contribution in [2.75, 3.05) is 27.1 Å². The van der Waals surface area contributed by atoms with Crippen molar-refractivity contribution in [1.82, 2.24) is 0 Å². The van der Waals surface area contributed by atoms with Crippen molar-refractivity contribution < 1.29 is 23.7 Å². The molecule has 4 rings (SSSR count). The van der Waals surface area contributed by atoms with Crippen molar-refractivity contribution in [2.45, 2.75) is 20.8 Å². The molecule has 0 fully saturated rings. The number of rotatable bonds is 9. The maximum atomic E-state index is 12.7. The van der Waals surface area contributed by atoms with E-state index in [0.717, 1.165) is 41.4 Å². The Hall–Kier alpha value is -2.61. The van der Waals surface area contributed by atoms with Crippen LogP contribution in [0.4, 0.5) is 0 Å². The number of hydrogen-bond donors (Lipinski definition) is 0. The fourth-order valence-corrected chi connectivity index (χ4v) is 6.06. The van der Waals surface area contributed by atoms with E-state index in [9.17, 15) is 4.79 Å². The highest BCUT2D eigenvalue weighted by molar-refractivity contribution is 7.29. The molecule has 0 aliphatic heterocycles. The van der Waals surface area contributed by atoms with E-state index in [4.69, 9.17) is 18.9 Å². The Kier molecular flexibility index (Phi) is 6.46. The van der Waals surface area contributed by atoms with E-state index in [1.54, 1.807) is 36.7 Å². The summed E-state index contributed by atoms with van der Waals surface area (Å²) >= 11 is 3.20. The number of hydrogen-bond acceptors (Lipinski definition) is 7. The molecule has 5 nitrogen and oxygen atoms in total. The Bertz CT molecular complexity index is 1240. The van der Waals surface area contributed by atoms with E-state index >= 15 is 0 Å². The summed E-state index contributed by atoms with van der Waals surface area (Å²) in [5.41, 5.74) is 0.695. The van der Waals surface area contributed by atoms with Crippen LogP contribution in [0, 0.1) is 0 Å². The van der Waals surface area contributed by atoms with Crippen molar-refractivity contribution >= 4 is 48.6 Å². The van der Waals surface area contributed by atoms with E-state index in [-0.39, 0.29) is 12.6 Å². The Morgan fingerprint density at radius 1 is 0.839 bits per heavy atom. The van der Waals surface area contributed by atoms with Gasteiger partial charge in [0, 0.05) is 32.8 Å². The largest absolute Gasteiger partial charge is 0.494 e. The van der Waals surface area contributed by atoms with Gasteiger partial charge < -0.3 is 18.9 Å². The lowest BCUT2D eigenvalue weighted by Crippen LogP contribution is -2.00. The molecular formula is C24H24O5S2. The molecule has 2 aromatic heterocycles. The lowest BCUT2D eigenvalue weighted by molar-refractivity contribution is 0.0528. The molecule has 0 amide bonds. The lowest BCUT2D eigenvalue weighted by atomic mass is 10.1. The minimum atomic E-state index is 0.0139. The minimum absolute atomic E-state index is 0.0139. The van der Waals surface area contributed by atoms with Gasteiger partial charge in [-0.25, -0.2) is 0 Å². The number of Topliss-reactive ketones (excluding diaryl/α,β-unsaturated/α-hetero) is 1. The van der Waals surface area contributed by atoms with Crippen molar-refractivity contribution in [1.29, 1.82) is 0 Å². The molecule has 0 saturated carbocycles. The smallest absolute Gasteiger partial charge is 0.188 e. The van der Waals surface area contributed by atoms with Crippen LogP contribution in [0.3, 0.4) is 0 Å². The second kappa shape index (κ2) is 9.26. The Morgan fingerprint density at radius 2 is 1.42 bits per heavy atom. The van der Waals surface area contributed by atoms with Gasteiger partial charge in [-0.05, 0) is 57.2 Å². The lowest BCUT2D eigenvalue weighted by Gasteiger charge is -2.08. The Morgan fingerprint density at radius 3 is 2.00 bits per heavy atom. The van der Waals surface area contributed by atoms with E-state index < -0.39 is 0 Å². The normalized spacial score (nSPS) is 11.2. The molecule has 4 aromatic rings. The number of ketones is 1. The number of carbonyl (C=O) groups excluding carboxylic acids is 1. The molecule has 0 N–H and O–H groups in total. The zero-order valence-electron chi connectivity index (χ0n) is 17.9. The highest BCUT2D eigenvalue weighted by Gasteiger charge is 2.24. The molecule has 162 valence electrons. The number of fused-ring (bicyclic) bond motifs is 2. The molecule has 7 heteroatoms. The van der Waals surface area contributed by atoms with Gasteiger partial charge in [0.2, 0.25) is 0 Å². The number of carbonyl (C=O) groups is 1. The van der Waals surface area contributed by atoms with Crippen molar-refractivity contribution in [2.24, 2.45) is 0 Å². The molecule has 2 aromatic carbocycles. The van der Waals surface area contributed by atoms with Crippen LogP contribution in [0.5, 0.6) is 17.2 Å². The molecule has 2 heterocycles. The maximum Gasteiger partial charge on any atom is 0.188 e. The number of benzene rings is 2. The second-order valence-electron chi connectivity index (χ2n) is 6.86. The van der Waals surface area contributed by atoms with Crippen LogP contribution in [0.25, 0.3) is 29.9 Å². The maximum absolute atomic E-state index is 12.7. The van der Waals surface area contributed by atoms with Crippen LogP contribution in [0.2, 0.25) is 0 Å². The first-order chi connectivity index (χ1) is 15.1. The van der Waals surface area contributed by atoms with Gasteiger partial charge in [0.15, 0.2) is 12.6 Å². The average Bonchev–Trinajstić information content (AvgIpc) is 3.30. The predicted octanol–water partition coefficient (Wildman–Crippen LogP) is 6.77. The number of ether oxygens (including phenoxy) is 4. The summed E-state index contributed by atoms with van der Waals surface area (Å²) < 4.78 is 24.7. The summed E-state index contributed by atoms with van der Waals surface area (Å²) in [6.45, 7) is 6.79. The Balaban J connectivity index is 1.96. The number of methoxy groups -OCH3 is 1. The van der Waals surface area contributed by atoms with E-state index in [0.29, 0.717) is 24.5 Å². The first kappa shape index (κ1) is 21.6. The molecule has 31 heavy (non-hydrogen) atoms. The van der Waals surface area contributed by atoms with Gasteiger partial charge in [-0.15, -0.1) is 22.7 Å². The molecule has 0 aliphatic rings. The van der Waals surface area contributed by atoms with E-state index in [1.165, 1.54) is 0 Å². The fourth-order valence-electron chi connectivity index (χ4n) is 3.56. The van der Waals surface area contributed by atoms with Gasteiger partial charge in [-0.1, -0.05) is 0 Å². The van der Waals surface area contributed by atoms with Crippen LogP contribution in [-0.4, -0.2) is 32.9 Å². The highest BCUT2D eigenvalue weighted by atomic mass is 32.1. The summed E-state index contributed by atoms with van der Waals surface area (Å²) in [5.74, 6) is 2.27. The van der Waals surface area contributed by atoms with Gasteiger partial charge in [0.1, 0.15) is 17.2 Å². The van der Waals surface area contributed by atoms with Gasteiger partial charge in [-0.3, -0.25) is 4.79 Å². The summed E-state index contributed by atoms with van der Waals surface area (Å²) in [4.78, 5) is 14.6. The molecule has 0 aliphatic carbocycles. The first-order valence-corrected chi connectivity index (χ1v) is 11.7. The average molecular weight is 457 g/mol. The topological polar surface area (TPSA) is 54.0 Å². The number of thiophene rings is 2. The molecule has 0 spiro atoms. The molecule has 0 unspecified atom stereocenters. The van der Waals surface area contributed by atoms with Crippen molar-refractivity contribution in [3.63, 3.8) is 0 Å². The quantitative estimate of drug-likeness (QED) is 0.206. The van der Waals surface area contributed by atoms with Crippen molar-refractivity contribution in [3.8, 4) is 27.0 Å². The predicted molar refractivity (Wildman–Crippen MR) is 127 cm³/mol. The van der Waals surface area contributed by atoms with Gasteiger partial charge >= 0.3 is 0 Å². The first-order valence-electron chi connectivity index (χ1n) is 10.1. The van der Waals surface area contributed by atoms with E-state index in [1.807, 2.05) is 50.2 Å². The standard InChI is InChI=1S/C24H24O5S2/c1-5-27-15-7-9-19-17(11-15)21(14(3)25)23(30-19)24-22(29-13-26-4)18-12-16(28-6-2)8-10-20(18)31-24/h7-12H,5-6,13H2,1-4H3. The molecule has 0 atom stereocenters. The van der Waals surface area contributed by atoms with Gasteiger partial charge in [0.25, 0.3) is 0 Å². The van der Waals surface area contributed by atoms with E-state index in [2.05, 4.69) is 0 Å². The summed E-state index contributed by atoms with van der Waals surface area (Å²) in [7, 11) is 1.59. The van der Waals surface area contributed by atoms with Gasteiger partial charge in [-0.2, -0.15) is 0 Å². The van der Waals surface area contributed by atoms with Crippen LogP contribution in [-0.2, 0) is 4.74 Å². The second-order valence-corrected chi connectivity index (χ2v) is 8.96. The zero-order chi connectivity index (χ0) is 22.0. The summed E-state index contributed by atoms with van der Waals surface area (Å²) in [6.07, 6.45) is 0. The molecule has 0 saturated heterocycles. The molecule has 0 bridgehead atoms. The van der Waals surface area contributed by atoms with Crippen LogP contribution < -0.4 is 14.2 Å². The summed E-state index contributed by atoms with van der Waals surface area (Å²) in [5, 5.41) is 1.86. The molecule has 0 radical (unpaired) electrons. The Labute approximate surface area is 189 Å². The van der Waals surface area contributed by atoms with Crippen LogP contribution in [0.15, 0.2) is 36.4 Å². The van der Waals surface area contributed by atoms with Crippen LogP contribution in [0.1, 0.15) is 31.1 Å². The van der Waals surface area contributed by atoms with Crippen molar-refractivity contribution in [3.05, 3.63) is 42.0 Å². The molecular weight excluding hydrogens is 432 g/mol. The third-order valence-corrected chi connectivity index (χ3v) is 7.26. The van der Waals surface area contributed by atoms with Gasteiger partial charge in [0.05, 0.1) is 23.0 Å². The van der Waals surface area contributed by atoms with Crippen LogP contribution >= 0.6 is 22.7 Å². The highest BCUT2D eigenvalue weighted by Crippen LogP contribution is 2.51.